The lowest BCUT2D eigenvalue weighted by atomic mass is 9.92. The first-order valence-corrected chi connectivity index (χ1v) is 15.3. The molecule has 0 aliphatic carbocycles. The van der Waals surface area contributed by atoms with Gasteiger partial charge >= 0.3 is 6.01 Å². The van der Waals surface area contributed by atoms with Crippen molar-refractivity contribution in [1.82, 2.24) is 19.9 Å². The Morgan fingerprint density at radius 2 is 2.00 bits per heavy atom. The van der Waals surface area contributed by atoms with Crippen LogP contribution in [0, 0.1) is 23.5 Å². The Bertz CT molecular complexity index is 1720. The fourth-order valence-electron chi connectivity index (χ4n) is 7.74. The minimum atomic E-state index is -0.683. The SMILES string of the molecule is CCc1c(F)ccc2cc(O)cc(-c3ncc4c(N5CC[C@@H](CO)C5)nc(OC[C@@]56CCCN5C[C@H](C)C6)nc4c3F)c12. The number of fused-ring (bicyclic) bond motifs is 3. The number of hydrogen-bond donors (Lipinski definition) is 2. The summed E-state index contributed by atoms with van der Waals surface area (Å²) < 4.78 is 37.9. The highest BCUT2D eigenvalue weighted by atomic mass is 19.1. The number of halogens is 2. The number of aryl methyl sites for hydroxylation is 1. The number of ether oxygens (including phenoxy) is 1. The second-order valence-electron chi connectivity index (χ2n) is 12.6. The van der Waals surface area contributed by atoms with Crippen LogP contribution in [0.4, 0.5) is 14.6 Å². The van der Waals surface area contributed by atoms with Crippen LogP contribution in [0.15, 0.2) is 30.5 Å². The van der Waals surface area contributed by atoms with Gasteiger partial charge in [0.05, 0.1) is 10.9 Å². The van der Waals surface area contributed by atoms with Crippen molar-refractivity contribution in [3.63, 3.8) is 0 Å². The van der Waals surface area contributed by atoms with Gasteiger partial charge in [0, 0.05) is 43.9 Å². The number of aliphatic hydroxyl groups is 1. The van der Waals surface area contributed by atoms with E-state index in [1.807, 2.05) is 11.8 Å². The van der Waals surface area contributed by atoms with Crippen molar-refractivity contribution in [1.29, 1.82) is 0 Å². The van der Waals surface area contributed by atoms with E-state index in [0.717, 1.165) is 38.8 Å². The first kappa shape index (κ1) is 28.2. The molecule has 0 bridgehead atoms. The molecule has 10 heteroatoms. The smallest absolute Gasteiger partial charge is 0.319 e. The van der Waals surface area contributed by atoms with E-state index in [0.29, 0.717) is 65.1 Å². The number of aromatic nitrogens is 3. The van der Waals surface area contributed by atoms with Gasteiger partial charge < -0.3 is 19.8 Å². The molecule has 3 atom stereocenters. The van der Waals surface area contributed by atoms with Crippen LogP contribution in [-0.4, -0.2) is 75.0 Å². The molecule has 0 unspecified atom stereocenters. The van der Waals surface area contributed by atoms with E-state index in [1.54, 1.807) is 18.3 Å². The van der Waals surface area contributed by atoms with E-state index in [9.17, 15) is 14.6 Å². The number of benzene rings is 2. The molecule has 43 heavy (non-hydrogen) atoms. The lowest BCUT2D eigenvalue weighted by Gasteiger charge is -2.31. The highest BCUT2D eigenvalue weighted by Crippen LogP contribution is 2.43. The Morgan fingerprint density at radius 3 is 2.79 bits per heavy atom. The quantitative estimate of drug-likeness (QED) is 0.294. The summed E-state index contributed by atoms with van der Waals surface area (Å²) in [4.78, 5) is 18.5. The van der Waals surface area contributed by atoms with Crippen molar-refractivity contribution < 1.29 is 23.7 Å². The number of phenolic OH excluding ortho intramolecular Hbond substituents is 1. The molecular formula is C33H37F2N5O3. The Morgan fingerprint density at radius 1 is 1.14 bits per heavy atom. The molecule has 3 aliphatic rings. The van der Waals surface area contributed by atoms with Gasteiger partial charge in [-0.3, -0.25) is 9.88 Å². The highest BCUT2D eigenvalue weighted by Gasteiger charge is 2.47. The summed E-state index contributed by atoms with van der Waals surface area (Å²) >= 11 is 0. The molecule has 2 aromatic carbocycles. The lowest BCUT2D eigenvalue weighted by molar-refractivity contribution is 0.107. The Hall–Kier alpha value is -3.63. The molecule has 7 rings (SSSR count). The van der Waals surface area contributed by atoms with Gasteiger partial charge in [-0.2, -0.15) is 9.97 Å². The van der Waals surface area contributed by atoms with Crippen LogP contribution in [0.1, 0.15) is 45.1 Å². The Labute approximate surface area is 249 Å². The number of phenols is 1. The second-order valence-corrected chi connectivity index (χ2v) is 12.6. The average Bonchev–Trinajstić information content (AvgIpc) is 3.70. The summed E-state index contributed by atoms with van der Waals surface area (Å²) in [6.45, 7) is 7.94. The minimum Gasteiger partial charge on any atom is -0.508 e. The third kappa shape index (κ3) is 4.75. The summed E-state index contributed by atoms with van der Waals surface area (Å²) in [6, 6.07) is 6.03. The van der Waals surface area contributed by atoms with Crippen LogP contribution in [0.2, 0.25) is 0 Å². The van der Waals surface area contributed by atoms with Crippen molar-refractivity contribution in [2.75, 3.05) is 44.3 Å². The predicted molar refractivity (Wildman–Crippen MR) is 161 cm³/mol. The molecule has 2 aromatic heterocycles. The number of aromatic hydroxyl groups is 1. The van der Waals surface area contributed by atoms with Gasteiger partial charge in [-0.05, 0) is 79.1 Å². The van der Waals surface area contributed by atoms with Crippen LogP contribution in [0.25, 0.3) is 32.9 Å². The Kier molecular flexibility index (Phi) is 7.09. The zero-order valence-electron chi connectivity index (χ0n) is 24.6. The normalized spacial score (nSPS) is 24.0. The molecule has 0 saturated carbocycles. The van der Waals surface area contributed by atoms with E-state index in [2.05, 4.69) is 21.8 Å². The van der Waals surface area contributed by atoms with E-state index < -0.39 is 11.6 Å². The summed E-state index contributed by atoms with van der Waals surface area (Å²) in [5.74, 6) is 0.0600. The average molecular weight is 590 g/mol. The van der Waals surface area contributed by atoms with Crippen LogP contribution < -0.4 is 9.64 Å². The molecule has 4 aromatic rings. The Balaban J connectivity index is 1.37. The van der Waals surface area contributed by atoms with Crippen molar-refractivity contribution in [3.05, 3.63) is 47.7 Å². The molecule has 3 aliphatic heterocycles. The molecule has 3 saturated heterocycles. The maximum Gasteiger partial charge on any atom is 0.319 e. The van der Waals surface area contributed by atoms with Crippen molar-refractivity contribution in [2.45, 2.75) is 51.5 Å². The maximum absolute atomic E-state index is 16.7. The van der Waals surface area contributed by atoms with Crippen LogP contribution in [0.3, 0.4) is 0 Å². The fourth-order valence-corrected chi connectivity index (χ4v) is 7.74. The maximum atomic E-state index is 16.7. The zero-order valence-corrected chi connectivity index (χ0v) is 24.6. The number of hydrogen-bond acceptors (Lipinski definition) is 8. The third-order valence-corrected chi connectivity index (χ3v) is 9.72. The summed E-state index contributed by atoms with van der Waals surface area (Å²) in [6.07, 6.45) is 5.95. The summed E-state index contributed by atoms with van der Waals surface area (Å²) in [7, 11) is 0. The van der Waals surface area contributed by atoms with Gasteiger partial charge in [0.25, 0.3) is 0 Å². The van der Waals surface area contributed by atoms with Gasteiger partial charge in [-0.25, -0.2) is 8.78 Å². The van der Waals surface area contributed by atoms with Crippen LogP contribution >= 0.6 is 0 Å². The van der Waals surface area contributed by atoms with Gasteiger partial charge in [0.2, 0.25) is 0 Å². The van der Waals surface area contributed by atoms with E-state index in [4.69, 9.17) is 9.72 Å². The van der Waals surface area contributed by atoms with E-state index in [-0.39, 0.29) is 41.0 Å². The van der Waals surface area contributed by atoms with Gasteiger partial charge in [-0.1, -0.05) is 19.9 Å². The molecule has 226 valence electrons. The largest absolute Gasteiger partial charge is 0.508 e. The highest BCUT2D eigenvalue weighted by molar-refractivity contribution is 6.01. The zero-order chi connectivity index (χ0) is 29.9. The standard InChI is InChI=1S/C33H37F2N5O3/c1-3-23-26(34)6-5-21-11-22(42)12-24(27(21)23)29-28(35)30-25(14-36-29)31(39-10-7-20(16-39)17-41)38-32(37-30)43-18-33-8-4-9-40(33)15-19(2)13-33/h5-6,11-12,14,19-20,41-42H,3-4,7-10,13,15-18H2,1-2H3/t19-,20-,33+/m1/s1. The number of aliphatic hydroxyl groups excluding tert-OH is 1. The first-order chi connectivity index (χ1) is 20.8. The second kappa shape index (κ2) is 10.8. The monoisotopic (exact) mass is 589 g/mol. The molecular weight excluding hydrogens is 552 g/mol. The van der Waals surface area contributed by atoms with Crippen molar-refractivity contribution in [3.8, 4) is 23.0 Å². The molecule has 5 heterocycles. The molecule has 3 fully saturated rings. The van der Waals surface area contributed by atoms with Crippen LogP contribution in [0.5, 0.6) is 11.8 Å². The summed E-state index contributed by atoms with van der Waals surface area (Å²) in [5, 5.41) is 21.9. The molecule has 0 radical (unpaired) electrons. The summed E-state index contributed by atoms with van der Waals surface area (Å²) in [5.41, 5.74) is 0.708. The van der Waals surface area contributed by atoms with Crippen molar-refractivity contribution >= 4 is 27.5 Å². The van der Waals surface area contributed by atoms with Crippen LogP contribution in [-0.2, 0) is 6.42 Å². The predicted octanol–water partition coefficient (Wildman–Crippen LogP) is 5.46. The number of anilines is 1. The lowest BCUT2D eigenvalue weighted by Crippen LogP contribution is -2.43. The van der Waals surface area contributed by atoms with Gasteiger partial charge in [0.1, 0.15) is 35.2 Å². The molecule has 0 spiro atoms. The third-order valence-electron chi connectivity index (χ3n) is 9.72. The fraction of sp³-hybridized carbons (Fsp3) is 0.485. The molecule has 2 N–H and O–H groups in total. The number of rotatable bonds is 7. The number of pyridine rings is 1. The van der Waals surface area contributed by atoms with E-state index in [1.165, 1.54) is 12.1 Å². The number of nitrogens with zero attached hydrogens (tertiary/aromatic N) is 5. The van der Waals surface area contributed by atoms with Crippen molar-refractivity contribution in [2.24, 2.45) is 11.8 Å². The minimum absolute atomic E-state index is 0.0239. The first-order valence-electron chi connectivity index (χ1n) is 15.3. The van der Waals surface area contributed by atoms with Gasteiger partial charge in [0.15, 0.2) is 5.82 Å². The topological polar surface area (TPSA) is 94.8 Å². The van der Waals surface area contributed by atoms with Gasteiger partial charge in [-0.15, -0.1) is 0 Å². The molecule has 0 amide bonds. The van der Waals surface area contributed by atoms with E-state index >= 15 is 4.39 Å². The molecule has 8 nitrogen and oxygen atoms in total.